The van der Waals surface area contributed by atoms with Crippen LogP contribution in [0.3, 0.4) is 0 Å². The van der Waals surface area contributed by atoms with Crippen molar-refractivity contribution in [3.8, 4) is 0 Å². The number of carbonyl (C=O) groups is 2. The van der Waals surface area contributed by atoms with E-state index < -0.39 is 42.8 Å². The van der Waals surface area contributed by atoms with Gasteiger partial charge in [0.05, 0.1) is 6.61 Å². The van der Waals surface area contributed by atoms with Gasteiger partial charge in [0.15, 0.2) is 12.1 Å². The van der Waals surface area contributed by atoms with Crippen molar-refractivity contribution >= 4 is 11.9 Å². The van der Waals surface area contributed by atoms with Crippen LogP contribution in [-0.4, -0.2) is 58.2 Å². The molecular formula is C8H13NO6. The molecule has 1 heterocycles. The molecule has 1 aliphatic rings. The highest BCUT2D eigenvalue weighted by atomic mass is 16.6. The number of aliphatic hydroxyl groups excluding tert-OH is 3. The Morgan fingerprint density at radius 3 is 2.73 bits per heavy atom. The van der Waals surface area contributed by atoms with Crippen LogP contribution < -0.4 is 5.32 Å². The maximum absolute atomic E-state index is 11.2. The van der Waals surface area contributed by atoms with Crippen LogP contribution in [0.4, 0.5) is 0 Å². The maximum atomic E-state index is 11.2. The van der Waals surface area contributed by atoms with Gasteiger partial charge >= 0.3 is 5.97 Å². The summed E-state index contributed by atoms with van der Waals surface area (Å²) in [6.07, 6.45) is -3.93. The Kier molecular flexibility index (Phi) is 3.61. The SMILES string of the molecule is CC(=O)N[C@H]1C(=O)O[C@@H]([C@@H](O)CO)[C@@H]1O. The van der Waals surface area contributed by atoms with Crippen molar-refractivity contribution in [3.63, 3.8) is 0 Å². The largest absolute Gasteiger partial charge is 0.455 e. The van der Waals surface area contributed by atoms with E-state index in [0.717, 1.165) is 0 Å². The molecule has 1 saturated heterocycles. The van der Waals surface area contributed by atoms with E-state index >= 15 is 0 Å². The van der Waals surface area contributed by atoms with Gasteiger partial charge in [-0.2, -0.15) is 0 Å². The summed E-state index contributed by atoms with van der Waals surface area (Å²) in [5.41, 5.74) is 0. The van der Waals surface area contributed by atoms with Crippen LogP contribution in [0.5, 0.6) is 0 Å². The van der Waals surface area contributed by atoms with Gasteiger partial charge in [0.2, 0.25) is 5.91 Å². The van der Waals surface area contributed by atoms with E-state index in [1.54, 1.807) is 0 Å². The molecule has 0 radical (unpaired) electrons. The predicted octanol–water partition coefficient (Wildman–Crippen LogP) is -2.87. The van der Waals surface area contributed by atoms with Crippen molar-refractivity contribution < 1.29 is 29.6 Å². The minimum absolute atomic E-state index is 0.491. The molecule has 4 N–H and O–H groups in total. The smallest absolute Gasteiger partial charge is 0.331 e. The summed E-state index contributed by atoms with van der Waals surface area (Å²) in [4.78, 5) is 21.9. The second-order valence-electron chi connectivity index (χ2n) is 3.32. The lowest BCUT2D eigenvalue weighted by molar-refractivity contribution is -0.149. The standard InChI is InChI=1S/C8H13NO6/c1-3(11)9-5-6(13)7(4(12)2-10)15-8(5)14/h4-7,10,12-13H,2H2,1H3,(H,9,11)/t4-,5+,6+,7-/m0/s1. The molecule has 4 atom stereocenters. The first-order chi connectivity index (χ1) is 6.97. The minimum Gasteiger partial charge on any atom is -0.455 e. The van der Waals surface area contributed by atoms with Crippen molar-refractivity contribution in [3.05, 3.63) is 0 Å². The number of rotatable bonds is 3. The van der Waals surface area contributed by atoms with Gasteiger partial charge in [0, 0.05) is 6.92 Å². The number of hydrogen-bond acceptors (Lipinski definition) is 6. The summed E-state index contributed by atoms with van der Waals surface area (Å²) in [6, 6.07) is -1.19. The summed E-state index contributed by atoms with van der Waals surface area (Å²) >= 11 is 0. The average molecular weight is 219 g/mol. The lowest BCUT2D eigenvalue weighted by Crippen LogP contribution is -2.47. The van der Waals surface area contributed by atoms with Crippen molar-refractivity contribution in [1.29, 1.82) is 0 Å². The molecule has 1 aliphatic heterocycles. The van der Waals surface area contributed by atoms with Gasteiger partial charge in [-0.1, -0.05) is 0 Å². The van der Waals surface area contributed by atoms with Gasteiger partial charge in [-0.15, -0.1) is 0 Å². The van der Waals surface area contributed by atoms with Crippen LogP contribution in [0.1, 0.15) is 6.92 Å². The van der Waals surface area contributed by atoms with Crippen LogP contribution in [0.25, 0.3) is 0 Å². The molecule has 1 fully saturated rings. The fourth-order valence-corrected chi connectivity index (χ4v) is 1.38. The van der Waals surface area contributed by atoms with E-state index in [0.29, 0.717) is 0 Å². The fourth-order valence-electron chi connectivity index (χ4n) is 1.38. The van der Waals surface area contributed by atoms with Crippen LogP contribution in [0.15, 0.2) is 0 Å². The highest BCUT2D eigenvalue weighted by Gasteiger charge is 2.47. The number of ether oxygens (including phenoxy) is 1. The minimum atomic E-state index is -1.36. The third-order valence-corrected chi connectivity index (χ3v) is 2.11. The number of cyclic esters (lactones) is 1. The lowest BCUT2D eigenvalue weighted by atomic mass is 10.0. The highest BCUT2D eigenvalue weighted by Crippen LogP contribution is 2.18. The lowest BCUT2D eigenvalue weighted by Gasteiger charge is -2.18. The van der Waals surface area contributed by atoms with Gasteiger partial charge < -0.3 is 25.4 Å². The Morgan fingerprint density at radius 1 is 1.67 bits per heavy atom. The monoisotopic (exact) mass is 219 g/mol. The van der Waals surface area contributed by atoms with E-state index in [-0.39, 0.29) is 0 Å². The Bertz CT molecular complexity index is 268. The zero-order valence-corrected chi connectivity index (χ0v) is 8.08. The van der Waals surface area contributed by atoms with Gasteiger partial charge in [-0.25, -0.2) is 4.79 Å². The summed E-state index contributed by atoms with van der Waals surface area (Å²) in [5, 5.41) is 29.6. The van der Waals surface area contributed by atoms with Crippen LogP contribution in [-0.2, 0) is 14.3 Å². The Morgan fingerprint density at radius 2 is 2.27 bits per heavy atom. The van der Waals surface area contributed by atoms with Crippen molar-refractivity contribution in [2.24, 2.45) is 0 Å². The molecule has 0 aromatic heterocycles. The highest BCUT2D eigenvalue weighted by molar-refractivity contribution is 5.85. The van der Waals surface area contributed by atoms with E-state index in [9.17, 15) is 19.8 Å². The zero-order valence-electron chi connectivity index (χ0n) is 8.08. The number of amides is 1. The zero-order chi connectivity index (χ0) is 11.6. The first kappa shape index (κ1) is 11.9. The number of esters is 1. The van der Waals surface area contributed by atoms with Crippen molar-refractivity contribution in [2.75, 3.05) is 6.61 Å². The summed E-state index contributed by atoms with van der Waals surface area (Å²) in [6.45, 7) is 0.553. The molecule has 0 aromatic carbocycles. The van der Waals surface area contributed by atoms with Crippen molar-refractivity contribution in [1.82, 2.24) is 5.32 Å². The molecule has 0 unspecified atom stereocenters. The number of carbonyl (C=O) groups excluding carboxylic acids is 2. The molecule has 1 amide bonds. The number of hydrogen-bond donors (Lipinski definition) is 4. The second kappa shape index (κ2) is 4.56. The van der Waals surface area contributed by atoms with Crippen LogP contribution >= 0.6 is 0 Å². The Labute approximate surface area is 85.7 Å². The normalized spacial score (nSPS) is 32.3. The van der Waals surface area contributed by atoms with E-state index in [1.807, 2.05) is 0 Å². The summed E-state index contributed by atoms with van der Waals surface area (Å²) in [7, 11) is 0. The topological polar surface area (TPSA) is 116 Å². The van der Waals surface area contributed by atoms with Crippen molar-refractivity contribution in [2.45, 2.75) is 31.3 Å². The number of aliphatic hydroxyl groups is 3. The van der Waals surface area contributed by atoms with Crippen LogP contribution in [0, 0.1) is 0 Å². The molecule has 0 aliphatic carbocycles. The molecule has 0 spiro atoms. The van der Waals surface area contributed by atoms with E-state index in [1.165, 1.54) is 6.92 Å². The van der Waals surface area contributed by atoms with Gasteiger partial charge in [-0.05, 0) is 0 Å². The molecule has 7 heteroatoms. The number of nitrogens with one attached hydrogen (secondary N) is 1. The first-order valence-corrected chi connectivity index (χ1v) is 4.42. The average Bonchev–Trinajstić information content (AvgIpc) is 2.44. The van der Waals surface area contributed by atoms with E-state index in [2.05, 4.69) is 10.1 Å². The quantitative estimate of drug-likeness (QED) is 0.379. The first-order valence-electron chi connectivity index (χ1n) is 4.42. The summed E-state index contributed by atoms with van der Waals surface area (Å²) < 4.78 is 4.63. The fraction of sp³-hybridized carbons (Fsp3) is 0.750. The molecule has 7 nitrogen and oxygen atoms in total. The predicted molar refractivity (Wildman–Crippen MR) is 46.6 cm³/mol. The molecule has 15 heavy (non-hydrogen) atoms. The van der Waals surface area contributed by atoms with Gasteiger partial charge in [-0.3, -0.25) is 4.79 Å². The summed E-state index contributed by atoms with van der Waals surface area (Å²) in [5.74, 6) is -1.31. The molecule has 1 rings (SSSR count). The van der Waals surface area contributed by atoms with Crippen LogP contribution in [0.2, 0.25) is 0 Å². The third-order valence-electron chi connectivity index (χ3n) is 2.11. The van der Waals surface area contributed by atoms with Gasteiger partial charge in [0.1, 0.15) is 12.2 Å². The molecule has 0 saturated carbocycles. The molecular weight excluding hydrogens is 206 g/mol. The molecule has 86 valence electrons. The van der Waals surface area contributed by atoms with E-state index in [4.69, 9.17) is 5.11 Å². The molecule has 0 aromatic rings. The maximum Gasteiger partial charge on any atom is 0.331 e. The Hall–Kier alpha value is -1.18. The third kappa shape index (κ3) is 2.44. The Balaban J connectivity index is 2.69. The van der Waals surface area contributed by atoms with Gasteiger partial charge in [0.25, 0.3) is 0 Å². The second-order valence-corrected chi connectivity index (χ2v) is 3.32. The molecule has 0 bridgehead atoms.